The first kappa shape index (κ1) is 24.4. The summed E-state index contributed by atoms with van der Waals surface area (Å²) in [5, 5.41) is 5.59. The van der Waals surface area contributed by atoms with Crippen molar-refractivity contribution < 1.29 is 28.5 Å². The van der Waals surface area contributed by atoms with Crippen LogP contribution in [0.2, 0.25) is 0 Å². The highest BCUT2D eigenvalue weighted by Gasteiger charge is 2.13. The average Bonchev–Trinajstić information content (AvgIpc) is 2.87. The number of amides is 2. The second-order valence-electron chi connectivity index (χ2n) is 7.05. The summed E-state index contributed by atoms with van der Waals surface area (Å²) in [6, 6.07) is 15.3. The average molecular weight is 466 g/mol. The van der Waals surface area contributed by atoms with Gasteiger partial charge in [0.15, 0.2) is 18.1 Å². The molecule has 3 aromatic rings. The highest BCUT2D eigenvalue weighted by molar-refractivity contribution is 5.95. The molecule has 0 aliphatic carbocycles. The number of nitrogens with zero attached hydrogens (tertiary/aromatic N) is 1. The Balaban J connectivity index is 1.55. The smallest absolute Gasteiger partial charge is 0.262 e. The minimum absolute atomic E-state index is 0.223. The number of pyridine rings is 1. The first-order valence-corrected chi connectivity index (χ1v) is 10.6. The van der Waals surface area contributed by atoms with Gasteiger partial charge in [-0.2, -0.15) is 0 Å². The molecule has 0 atom stereocenters. The van der Waals surface area contributed by atoms with Crippen LogP contribution in [-0.2, 0) is 11.3 Å². The zero-order chi connectivity index (χ0) is 24.3. The molecule has 1 heterocycles. The Hall–Kier alpha value is -4.27. The van der Waals surface area contributed by atoms with E-state index in [0.717, 1.165) is 11.3 Å². The zero-order valence-corrected chi connectivity index (χ0v) is 19.3. The summed E-state index contributed by atoms with van der Waals surface area (Å²) in [7, 11) is 3.00. The third kappa shape index (κ3) is 6.86. The maximum Gasteiger partial charge on any atom is 0.262 e. The van der Waals surface area contributed by atoms with Crippen molar-refractivity contribution in [3.05, 3.63) is 71.9 Å². The van der Waals surface area contributed by atoms with E-state index in [2.05, 4.69) is 15.6 Å². The molecule has 1 aromatic heterocycles. The summed E-state index contributed by atoms with van der Waals surface area (Å²) in [6.07, 6.45) is 1.61. The van der Waals surface area contributed by atoms with Gasteiger partial charge >= 0.3 is 0 Å². The Morgan fingerprint density at radius 1 is 0.912 bits per heavy atom. The molecule has 2 amide bonds. The number of benzene rings is 2. The van der Waals surface area contributed by atoms with Gasteiger partial charge in [0.25, 0.3) is 11.8 Å². The van der Waals surface area contributed by atoms with E-state index in [9.17, 15) is 9.59 Å². The molecular formula is C25H27N3O6. The minimum atomic E-state index is -0.333. The molecule has 9 heteroatoms. The number of carbonyl (C=O) groups excluding carboxylic acids is 2. The molecule has 2 aromatic carbocycles. The summed E-state index contributed by atoms with van der Waals surface area (Å²) in [5.74, 6) is 1.27. The molecule has 9 nitrogen and oxygen atoms in total. The molecular weight excluding hydrogens is 438 g/mol. The summed E-state index contributed by atoms with van der Waals surface area (Å²) < 4.78 is 21.4. The van der Waals surface area contributed by atoms with E-state index in [0.29, 0.717) is 41.8 Å². The van der Waals surface area contributed by atoms with E-state index in [1.807, 2.05) is 6.92 Å². The van der Waals surface area contributed by atoms with Crippen molar-refractivity contribution in [2.75, 3.05) is 32.8 Å². The Bertz CT molecular complexity index is 1120. The number of ether oxygens (including phenoxy) is 4. The standard InChI is InChI=1S/C25H27N3O6/c1-4-33-20-8-6-19(7-9-20)28-23(29)16-34-21-10-5-18(14-22(21)31-2)25(30)27-15-17-11-12-26-24(13-17)32-3/h5-14H,4,15-16H2,1-3H3,(H,27,30)(H,28,29). The number of carbonyl (C=O) groups is 2. The summed E-state index contributed by atoms with van der Waals surface area (Å²) in [4.78, 5) is 28.8. The molecule has 0 saturated carbocycles. The van der Waals surface area contributed by atoms with E-state index in [-0.39, 0.29) is 18.4 Å². The van der Waals surface area contributed by atoms with Crippen molar-refractivity contribution in [3.63, 3.8) is 0 Å². The number of aromatic nitrogens is 1. The second kappa shape index (κ2) is 12.1. The van der Waals surface area contributed by atoms with Gasteiger partial charge in [0, 0.05) is 30.1 Å². The molecule has 3 rings (SSSR count). The number of hydrogen-bond acceptors (Lipinski definition) is 7. The third-order valence-electron chi connectivity index (χ3n) is 4.70. The van der Waals surface area contributed by atoms with Crippen LogP contribution >= 0.6 is 0 Å². The Kier molecular flexibility index (Phi) is 8.67. The van der Waals surface area contributed by atoms with Crippen molar-refractivity contribution >= 4 is 17.5 Å². The van der Waals surface area contributed by atoms with Crippen LogP contribution in [-0.4, -0.2) is 44.2 Å². The van der Waals surface area contributed by atoms with Crippen LogP contribution < -0.4 is 29.6 Å². The fourth-order valence-electron chi connectivity index (χ4n) is 3.03. The van der Waals surface area contributed by atoms with Crippen LogP contribution in [0.25, 0.3) is 0 Å². The van der Waals surface area contributed by atoms with Crippen molar-refractivity contribution in [2.24, 2.45) is 0 Å². The highest BCUT2D eigenvalue weighted by Crippen LogP contribution is 2.28. The van der Waals surface area contributed by atoms with Gasteiger partial charge in [-0.25, -0.2) is 4.98 Å². The molecule has 178 valence electrons. The van der Waals surface area contributed by atoms with E-state index < -0.39 is 0 Å². The van der Waals surface area contributed by atoms with Gasteiger partial charge < -0.3 is 29.6 Å². The van der Waals surface area contributed by atoms with Crippen LogP contribution in [0.5, 0.6) is 23.1 Å². The lowest BCUT2D eigenvalue weighted by Crippen LogP contribution is -2.23. The van der Waals surface area contributed by atoms with Gasteiger partial charge in [-0.15, -0.1) is 0 Å². The van der Waals surface area contributed by atoms with E-state index in [4.69, 9.17) is 18.9 Å². The van der Waals surface area contributed by atoms with Crippen molar-refractivity contribution in [3.8, 4) is 23.1 Å². The van der Waals surface area contributed by atoms with Crippen LogP contribution in [0.1, 0.15) is 22.8 Å². The van der Waals surface area contributed by atoms with Crippen LogP contribution in [0.4, 0.5) is 5.69 Å². The summed E-state index contributed by atoms with van der Waals surface area (Å²) >= 11 is 0. The number of rotatable bonds is 11. The van der Waals surface area contributed by atoms with Gasteiger partial charge in [-0.1, -0.05) is 0 Å². The maximum atomic E-state index is 12.6. The van der Waals surface area contributed by atoms with Crippen molar-refractivity contribution in [2.45, 2.75) is 13.5 Å². The lowest BCUT2D eigenvalue weighted by atomic mass is 10.1. The van der Waals surface area contributed by atoms with Crippen molar-refractivity contribution in [1.82, 2.24) is 10.3 Å². The Labute approximate surface area is 198 Å². The molecule has 0 aliphatic rings. The monoisotopic (exact) mass is 465 g/mol. The Morgan fingerprint density at radius 3 is 2.41 bits per heavy atom. The summed E-state index contributed by atoms with van der Waals surface area (Å²) in [5.41, 5.74) is 1.87. The van der Waals surface area contributed by atoms with Gasteiger partial charge in [0.2, 0.25) is 5.88 Å². The second-order valence-corrected chi connectivity index (χ2v) is 7.05. The predicted molar refractivity (Wildman–Crippen MR) is 127 cm³/mol. The van der Waals surface area contributed by atoms with E-state index in [1.165, 1.54) is 14.2 Å². The van der Waals surface area contributed by atoms with Crippen molar-refractivity contribution in [1.29, 1.82) is 0 Å². The quantitative estimate of drug-likeness (QED) is 0.447. The number of hydrogen-bond donors (Lipinski definition) is 2. The molecule has 0 saturated heterocycles. The first-order valence-electron chi connectivity index (χ1n) is 10.6. The van der Waals surface area contributed by atoms with Crippen LogP contribution in [0.15, 0.2) is 60.8 Å². The molecule has 0 radical (unpaired) electrons. The number of nitrogens with one attached hydrogen (secondary N) is 2. The molecule has 0 aliphatic heterocycles. The van der Waals surface area contributed by atoms with E-state index >= 15 is 0 Å². The normalized spacial score (nSPS) is 10.2. The lowest BCUT2D eigenvalue weighted by Gasteiger charge is -2.13. The van der Waals surface area contributed by atoms with Gasteiger partial charge in [-0.05, 0) is 61.0 Å². The third-order valence-corrected chi connectivity index (χ3v) is 4.70. The largest absolute Gasteiger partial charge is 0.494 e. The fourth-order valence-corrected chi connectivity index (χ4v) is 3.03. The van der Waals surface area contributed by atoms with Crippen LogP contribution in [0, 0.1) is 0 Å². The Morgan fingerprint density at radius 2 is 1.71 bits per heavy atom. The predicted octanol–water partition coefficient (Wildman–Crippen LogP) is 3.45. The minimum Gasteiger partial charge on any atom is -0.494 e. The summed E-state index contributed by atoms with van der Waals surface area (Å²) in [6.45, 7) is 2.56. The topological polar surface area (TPSA) is 108 Å². The maximum absolute atomic E-state index is 12.6. The first-order chi connectivity index (χ1) is 16.5. The number of methoxy groups -OCH3 is 2. The lowest BCUT2D eigenvalue weighted by molar-refractivity contribution is -0.118. The van der Waals surface area contributed by atoms with Gasteiger partial charge in [0.1, 0.15) is 5.75 Å². The van der Waals surface area contributed by atoms with Gasteiger partial charge in [0.05, 0.1) is 20.8 Å². The molecule has 34 heavy (non-hydrogen) atoms. The SMILES string of the molecule is CCOc1ccc(NC(=O)COc2ccc(C(=O)NCc3ccnc(OC)c3)cc2OC)cc1. The van der Waals surface area contributed by atoms with Gasteiger partial charge in [-0.3, -0.25) is 9.59 Å². The highest BCUT2D eigenvalue weighted by atomic mass is 16.5. The molecule has 0 bridgehead atoms. The van der Waals surface area contributed by atoms with E-state index in [1.54, 1.807) is 60.8 Å². The molecule has 0 unspecified atom stereocenters. The molecule has 2 N–H and O–H groups in total. The fraction of sp³-hybridized carbons (Fsp3) is 0.240. The van der Waals surface area contributed by atoms with Crippen LogP contribution in [0.3, 0.4) is 0 Å². The number of anilines is 1. The molecule has 0 fully saturated rings. The molecule has 0 spiro atoms. The zero-order valence-electron chi connectivity index (χ0n) is 19.3.